The molecule has 1 aliphatic rings. The third-order valence-corrected chi connectivity index (χ3v) is 4.63. The number of aromatic hydroxyl groups is 1. The molecule has 112 valence electrons. The van der Waals surface area contributed by atoms with Crippen molar-refractivity contribution in [1.29, 1.82) is 0 Å². The van der Waals surface area contributed by atoms with Gasteiger partial charge >= 0.3 is 0 Å². The average Bonchev–Trinajstić information content (AvgIpc) is 3.09. The summed E-state index contributed by atoms with van der Waals surface area (Å²) in [7, 11) is 0. The number of nitrogens with zero attached hydrogens (tertiary/aromatic N) is 1. The maximum atomic E-state index is 12.4. The Morgan fingerprint density at radius 3 is 2.73 bits per heavy atom. The second-order valence-electron chi connectivity index (χ2n) is 4.77. The van der Waals surface area contributed by atoms with Crippen molar-refractivity contribution in [2.24, 2.45) is 0 Å². The summed E-state index contributed by atoms with van der Waals surface area (Å²) in [6.45, 7) is 0.519. The Balaban J connectivity index is 1.68. The summed E-state index contributed by atoms with van der Waals surface area (Å²) in [6, 6.07) is 10.5. The maximum absolute atomic E-state index is 12.4. The summed E-state index contributed by atoms with van der Waals surface area (Å²) < 4.78 is 5.78. The van der Waals surface area contributed by atoms with E-state index in [1.807, 2.05) is 12.1 Å². The Hall–Kier alpha value is -2.05. The lowest BCUT2D eigenvalue weighted by Gasteiger charge is -2.14. The van der Waals surface area contributed by atoms with E-state index in [2.05, 4.69) is 0 Å². The van der Waals surface area contributed by atoms with Gasteiger partial charge in [-0.15, -0.1) is 0 Å². The van der Waals surface area contributed by atoms with Gasteiger partial charge in [-0.3, -0.25) is 9.69 Å². The quantitative estimate of drug-likeness (QED) is 0.687. The van der Waals surface area contributed by atoms with E-state index in [1.54, 1.807) is 41.5 Å². The number of hydrogen-bond donors (Lipinski definition) is 1. The fraction of sp³-hybridized carbons (Fsp3) is 0.125. The summed E-state index contributed by atoms with van der Waals surface area (Å²) in [5, 5.41) is 9.27. The van der Waals surface area contributed by atoms with Gasteiger partial charge in [0.25, 0.3) is 5.91 Å². The zero-order chi connectivity index (χ0) is 15.5. The van der Waals surface area contributed by atoms with Crippen molar-refractivity contribution in [2.45, 2.75) is 6.42 Å². The Morgan fingerprint density at radius 2 is 2.05 bits per heavy atom. The lowest BCUT2D eigenvalue weighted by Crippen LogP contribution is -2.30. The molecule has 0 bridgehead atoms. The Morgan fingerprint density at radius 1 is 1.27 bits per heavy atom. The van der Waals surface area contributed by atoms with E-state index in [0.29, 0.717) is 28.0 Å². The highest BCUT2D eigenvalue weighted by atomic mass is 32.2. The zero-order valence-electron chi connectivity index (χ0n) is 11.6. The van der Waals surface area contributed by atoms with Gasteiger partial charge in [0.05, 0.1) is 11.2 Å². The fourth-order valence-electron chi connectivity index (χ4n) is 2.10. The van der Waals surface area contributed by atoms with Crippen molar-refractivity contribution in [1.82, 2.24) is 4.90 Å². The second-order valence-corrected chi connectivity index (χ2v) is 6.44. The van der Waals surface area contributed by atoms with E-state index >= 15 is 0 Å². The number of benzene rings is 1. The number of rotatable bonds is 4. The van der Waals surface area contributed by atoms with Gasteiger partial charge in [0.1, 0.15) is 15.8 Å². The highest BCUT2D eigenvalue weighted by Gasteiger charge is 2.31. The number of furan rings is 1. The molecule has 1 saturated heterocycles. The molecule has 0 atom stereocenters. The third kappa shape index (κ3) is 3.23. The van der Waals surface area contributed by atoms with Crippen molar-refractivity contribution < 1.29 is 14.3 Å². The first-order valence-electron chi connectivity index (χ1n) is 6.70. The van der Waals surface area contributed by atoms with Crippen LogP contribution in [0.3, 0.4) is 0 Å². The smallest absolute Gasteiger partial charge is 0.266 e. The van der Waals surface area contributed by atoms with E-state index in [0.717, 1.165) is 5.56 Å². The zero-order valence-corrected chi connectivity index (χ0v) is 13.2. The number of thioether (sulfide) groups is 1. The second kappa shape index (κ2) is 6.37. The van der Waals surface area contributed by atoms with Gasteiger partial charge < -0.3 is 9.52 Å². The van der Waals surface area contributed by atoms with Crippen LogP contribution in [-0.4, -0.2) is 26.8 Å². The van der Waals surface area contributed by atoms with Gasteiger partial charge in [-0.2, -0.15) is 0 Å². The molecule has 3 rings (SSSR count). The standard InChI is InChI=1S/C16H13NO3S2/c18-12-5-3-11(4-6-12)7-8-17-15(19)14(22-16(17)21)10-13-2-1-9-20-13/h1-6,9-10,18H,7-8H2/b14-10+. The highest BCUT2D eigenvalue weighted by molar-refractivity contribution is 8.26. The van der Waals surface area contributed by atoms with Gasteiger partial charge in [0.2, 0.25) is 0 Å². The van der Waals surface area contributed by atoms with Crippen LogP contribution in [0.5, 0.6) is 5.75 Å². The van der Waals surface area contributed by atoms with Crippen LogP contribution >= 0.6 is 24.0 Å². The number of carbonyl (C=O) groups is 1. The van der Waals surface area contributed by atoms with Gasteiger partial charge in [0.15, 0.2) is 0 Å². The minimum absolute atomic E-state index is 0.0924. The predicted octanol–water partition coefficient (Wildman–Crippen LogP) is 3.43. The first-order valence-corrected chi connectivity index (χ1v) is 7.93. The van der Waals surface area contributed by atoms with Crippen molar-refractivity contribution >= 4 is 40.3 Å². The van der Waals surface area contributed by atoms with Crippen LogP contribution in [0, 0.1) is 0 Å². The fourth-order valence-corrected chi connectivity index (χ4v) is 3.39. The molecule has 1 N–H and O–H groups in total. The van der Waals surface area contributed by atoms with Crippen molar-refractivity contribution in [3.05, 3.63) is 58.9 Å². The molecule has 4 nitrogen and oxygen atoms in total. The van der Waals surface area contributed by atoms with Crippen LogP contribution in [0.4, 0.5) is 0 Å². The minimum Gasteiger partial charge on any atom is -0.508 e. The molecule has 0 radical (unpaired) electrons. The molecule has 1 aromatic heterocycles. The first kappa shape index (κ1) is 14.9. The van der Waals surface area contributed by atoms with Gasteiger partial charge in [0, 0.05) is 12.6 Å². The lowest BCUT2D eigenvalue weighted by atomic mass is 10.1. The van der Waals surface area contributed by atoms with E-state index in [4.69, 9.17) is 16.6 Å². The topological polar surface area (TPSA) is 53.7 Å². The summed E-state index contributed by atoms with van der Waals surface area (Å²) in [4.78, 5) is 14.6. The van der Waals surface area contributed by atoms with Crippen molar-refractivity contribution in [3.8, 4) is 5.75 Å². The first-order chi connectivity index (χ1) is 10.6. The molecular weight excluding hydrogens is 318 g/mol. The van der Waals surface area contributed by atoms with Gasteiger partial charge in [-0.25, -0.2) is 0 Å². The van der Waals surface area contributed by atoms with Gasteiger partial charge in [-0.1, -0.05) is 36.1 Å². The molecule has 0 unspecified atom stereocenters. The maximum Gasteiger partial charge on any atom is 0.266 e. The van der Waals surface area contributed by atoms with Crippen LogP contribution in [-0.2, 0) is 11.2 Å². The van der Waals surface area contributed by atoms with Crippen molar-refractivity contribution in [2.75, 3.05) is 6.54 Å². The molecule has 6 heteroatoms. The third-order valence-electron chi connectivity index (χ3n) is 3.25. The average molecular weight is 331 g/mol. The summed E-state index contributed by atoms with van der Waals surface area (Å²) in [5.41, 5.74) is 1.04. The Kier molecular flexibility index (Phi) is 4.31. The molecule has 1 amide bonds. The monoisotopic (exact) mass is 331 g/mol. The molecule has 0 aliphatic carbocycles. The largest absolute Gasteiger partial charge is 0.508 e. The molecule has 1 aromatic carbocycles. The minimum atomic E-state index is -0.0924. The van der Waals surface area contributed by atoms with E-state index in [1.165, 1.54) is 11.8 Å². The number of amides is 1. The molecule has 2 aromatic rings. The molecule has 1 aliphatic heterocycles. The molecule has 0 saturated carbocycles. The molecule has 0 spiro atoms. The molecular formula is C16H13NO3S2. The Labute approximate surface area is 137 Å². The van der Waals surface area contributed by atoms with Crippen LogP contribution in [0.25, 0.3) is 6.08 Å². The predicted molar refractivity (Wildman–Crippen MR) is 90.4 cm³/mol. The molecule has 22 heavy (non-hydrogen) atoms. The normalized spacial score (nSPS) is 16.7. The number of phenolic OH excluding ortho intramolecular Hbond substituents is 1. The van der Waals surface area contributed by atoms with E-state index in [9.17, 15) is 9.90 Å². The number of carbonyl (C=O) groups excluding carboxylic acids is 1. The van der Waals surface area contributed by atoms with Crippen LogP contribution < -0.4 is 0 Å². The highest BCUT2D eigenvalue weighted by Crippen LogP contribution is 2.32. The van der Waals surface area contributed by atoms with Crippen LogP contribution in [0.2, 0.25) is 0 Å². The van der Waals surface area contributed by atoms with Crippen LogP contribution in [0.15, 0.2) is 52.0 Å². The number of thiocarbonyl (C=S) groups is 1. The van der Waals surface area contributed by atoms with Crippen molar-refractivity contribution in [3.63, 3.8) is 0 Å². The SMILES string of the molecule is O=C1/C(=C\c2ccco2)SC(=S)N1CCc1ccc(O)cc1. The summed E-state index contributed by atoms with van der Waals surface area (Å²) in [5.74, 6) is 0.778. The molecule has 1 fully saturated rings. The number of phenols is 1. The van der Waals surface area contributed by atoms with Gasteiger partial charge in [-0.05, 0) is 36.2 Å². The number of hydrogen-bond acceptors (Lipinski definition) is 5. The lowest BCUT2D eigenvalue weighted by molar-refractivity contribution is -0.122. The summed E-state index contributed by atoms with van der Waals surface area (Å²) >= 11 is 6.57. The van der Waals surface area contributed by atoms with E-state index < -0.39 is 0 Å². The Bertz CT molecular complexity index is 720. The van der Waals surface area contributed by atoms with Crippen LogP contribution in [0.1, 0.15) is 11.3 Å². The summed E-state index contributed by atoms with van der Waals surface area (Å²) in [6.07, 6.45) is 3.96. The van der Waals surface area contributed by atoms with E-state index in [-0.39, 0.29) is 11.7 Å². The molecule has 2 heterocycles.